The number of hydrogen-bond acceptors (Lipinski definition) is 6. The standard InChI is InChI=1S/C22H20N6O2/c29-13-18-8-5-15(12-23-18)19-2-1-11-28-20(19)26-22(27-28)25-17-6-3-14(4-7-17)21(30)24-16-9-10-16/h1-8,11-12,16,29H,9-10,13H2,(H,24,30)(H,25,27). The Bertz CT molecular complexity index is 1200. The number of nitrogens with zero attached hydrogens (tertiary/aromatic N) is 4. The van der Waals surface area contributed by atoms with Crippen molar-refractivity contribution in [2.45, 2.75) is 25.5 Å². The van der Waals surface area contributed by atoms with Gasteiger partial charge in [0.05, 0.1) is 12.3 Å². The van der Waals surface area contributed by atoms with Crippen molar-refractivity contribution in [1.29, 1.82) is 0 Å². The van der Waals surface area contributed by atoms with E-state index < -0.39 is 0 Å². The number of nitrogens with one attached hydrogen (secondary N) is 2. The van der Waals surface area contributed by atoms with Crippen LogP contribution in [0.15, 0.2) is 60.9 Å². The Morgan fingerprint density at radius 2 is 1.97 bits per heavy atom. The predicted molar refractivity (Wildman–Crippen MR) is 112 cm³/mol. The molecule has 1 fully saturated rings. The van der Waals surface area contributed by atoms with Crippen LogP contribution in [0.25, 0.3) is 16.8 Å². The van der Waals surface area contributed by atoms with E-state index in [4.69, 9.17) is 0 Å². The van der Waals surface area contributed by atoms with E-state index in [-0.39, 0.29) is 12.5 Å². The highest BCUT2D eigenvalue weighted by Crippen LogP contribution is 2.25. The lowest BCUT2D eigenvalue weighted by Gasteiger charge is -2.05. The van der Waals surface area contributed by atoms with Gasteiger partial charge in [0.25, 0.3) is 5.91 Å². The maximum atomic E-state index is 12.1. The van der Waals surface area contributed by atoms with Crippen LogP contribution in [0.5, 0.6) is 0 Å². The minimum absolute atomic E-state index is 0.0413. The predicted octanol–water partition coefficient (Wildman–Crippen LogP) is 2.92. The summed E-state index contributed by atoms with van der Waals surface area (Å²) in [6.45, 7) is -0.0927. The highest BCUT2D eigenvalue weighted by molar-refractivity contribution is 5.95. The van der Waals surface area contributed by atoms with Gasteiger partial charge in [0, 0.05) is 40.8 Å². The number of carbonyl (C=O) groups is 1. The first-order valence-corrected chi connectivity index (χ1v) is 9.79. The highest BCUT2D eigenvalue weighted by Gasteiger charge is 2.23. The van der Waals surface area contributed by atoms with Gasteiger partial charge < -0.3 is 15.7 Å². The van der Waals surface area contributed by atoms with Crippen molar-refractivity contribution in [3.63, 3.8) is 0 Å². The van der Waals surface area contributed by atoms with Crippen LogP contribution in [-0.2, 0) is 6.61 Å². The van der Waals surface area contributed by atoms with Crippen molar-refractivity contribution in [2.24, 2.45) is 0 Å². The van der Waals surface area contributed by atoms with Crippen molar-refractivity contribution in [1.82, 2.24) is 24.9 Å². The first kappa shape index (κ1) is 18.3. The molecule has 1 aromatic carbocycles. The second-order valence-corrected chi connectivity index (χ2v) is 7.27. The normalized spacial score (nSPS) is 13.4. The second kappa shape index (κ2) is 7.57. The molecule has 8 nitrogen and oxygen atoms in total. The Hall–Kier alpha value is -3.78. The molecule has 0 radical (unpaired) electrons. The van der Waals surface area contributed by atoms with Gasteiger partial charge in [0.2, 0.25) is 5.95 Å². The molecule has 1 aliphatic carbocycles. The van der Waals surface area contributed by atoms with Crippen molar-refractivity contribution in [3.05, 3.63) is 72.2 Å². The van der Waals surface area contributed by atoms with Crippen LogP contribution in [0.2, 0.25) is 0 Å². The van der Waals surface area contributed by atoms with Gasteiger partial charge in [-0.2, -0.15) is 4.98 Å². The van der Waals surface area contributed by atoms with Crippen LogP contribution in [0.4, 0.5) is 11.6 Å². The molecule has 4 aromatic rings. The molecule has 3 aromatic heterocycles. The number of carbonyl (C=O) groups excluding carboxylic acids is 1. The molecular formula is C22H20N6O2. The summed E-state index contributed by atoms with van der Waals surface area (Å²) < 4.78 is 1.70. The van der Waals surface area contributed by atoms with Gasteiger partial charge in [0.15, 0.2) is 5.65 Å². The number of aliphatic hydroxyl groups is 1. The lowest BCUT2D eigenvalue weighted by Crippen LogP contribution is -2.25. The third kappa shape index (κ3) is 3.72. The zero-order valence-corrected chi connectivity index (χ0v) is 16.1. The molecular weight excluding hydrogens is 380 g/mol. The van der Waals surface area contributed by atoms with Crippen molar-refractivity contribution in [2.75, 3.05) is 5.32 Å². The van der Waals surface area contributed by atoms with Crippen LogP contribution >= 0.6 is 0 Å². The van der Waals surface area contributed by atoms with E-state index in [0.29, 0.717) is 28.9 Å². The summed E-state index contributed by atoms with van der Waals surface area (Å²) in [5, 5.41) is 19.8. The molecule has 0 aliphatic heterocycles. The van der Waals surface area contributed by atoms with Gasteiger partial charge in [0.1, 0.15) is 0 Å². The Morgan fingerprint density at radius 1 is 1.13 bits per heavy atom. The molecule has 1 aliphatic rings. The number of hydrogen-bond donors (Lipinski definition) is 3. The summed E-state index contributed by atoms with van der Waals surface area (Å²) in [6, 6.07) is 15.1. The zero-order chi connectivity index (χ0) is 20.5. The van der Waals surface area contributed by atoms with Gasteiger partial charge in [-0.3, -0.25) is 9.78 Å². The summed E-state index contributed by atoms with van der Waals surface area (Å²) in [6.07, 6.45) is 5.68. The fourth-order valence-corrected chi connectivity index (χ4v) is 3.19. The average Bonchev–Trinajstić information content (AvgIpc) is 3.50. The first-order chi connectivity index (χ1) is 14.7. The third-order valence-corrected chi connectivity index (χ3v) is 4.98. The largest absolute Gasteiger partial charge is 0.390 e. The van der Waals surface area contributed by atoms with E-state index in [1.807, 2.05) is 36.5 Å². The molecule has 150 valence electrons. The van der Waals surface area contributed by atoms with Gasteiger partial charge >= 0.3 is 0 Å². The van der Waals surface area contributed by atoms with Crippen LogP contribution in [-0.4, -0.2) is 36.6 Å². The van der Waals surface area contributed by atoms with E-state index >= 15 is 0 Å². The lowest BCUT2D eigenvalue weighted by molar-refractivity contribution is 0.0951. The summed E-state index contributed by atoms with van der Waals surface area (Å²) >= 11 is 0. The molecule has 0 atom stereocenters. The maximum absolute atomic E-state index is 12.1. The fraction of sp³-hybridized carbons (Fsp3) is 0.182. The third-order valence-electron chi connectivity index (χ3n) is 4.98. The Kier molecular flexibility index (Phi) is 4.61. The summed E-state index contributed by atoms with van der Waals surface area (Å²) in [4.78, 5) is 21.0. The monoisotopic (exact) mass is 400 g/mol. The number of amides is 1. The van der Waals surface area contributed by atoms with Gasteiger partial charge in [-0.1, -0.05) is 6.07 Å². The van der Waals surface area contributed by atoms with Gasteiger partial charge in [-0.25, -0.2) is 4.52 Å². The highest BCUT2D eigenvalue weighted by atomic mass is 16.3. The molecule has 0 saturated heterocycles. The molecule has 3 heterocycles. The van der Waals surface area contributed by atoms with E-state index in [1.165, 1.54) is 0 Å². The van der Waals surface area contributed by atoms with E-state index in [2.05, 4.69) is 25.7 Å². The molecule has 30 heavy (non-hydrogen) atoms. The maximum Gasteiger partial charge on any atom is 0.251 e. The molecule has 0 unspecified atom stereocenters. The molecule has 1 saturated carbocycles. The Labute approximate surface area is 172 Å². The summed E-state index contributed by atoms with van der Waals surface area (Å²) in [5.74, 6) is 0.415. The van der Waals surface area contributed by atoms with Crippen LogP contribution in [0, 0.1) is 0 Å². The quantitative estimate of drug-likeness (QED) is 0.460. The van der Waals surface area contributed by atoms with Crippen LogP contribution in [0.3, 0.4) is 0 Å². The Balaban J connectivity index is 1.38. The van der Waals surface area contributed by atoms with Crippen molar-refractivity contribution < 1.29 is 9.90 Å². The number of benzene rings is 1. The molecule has 3 N–H and O–H groups in total. The molecule has 1 amide bonds. The van der Waals surface area contributed by atoms with E-state index in [0.717, 1.165) is 29.7 Å². The topological polar surface area (TPSA) is 104 Å². The van der Waals surface area contributed by atoms with Gasteiger partial charge in [-0.05, 0) is 55.3 Å². The number of pyridine rings is 2. The Morgan fingerprint density at radius 3 is 2.67 bits per heavy atom. The number of aliphatic hydroxyl groups excluding tert-OH is 1. The minimum atomic E-state index is -0.0927. The second-order valence-electron chi connectivity index (χ2n) is 7.27. The average molecular weight is 400 g/mol. The number of fused-ring (bicyclic) bond motifs is 1. The van der Waals surface area contributed by atoms with Gasteiger partial charge in [-0.15, -0.1) is 5.10 Å². The van der Waals surface area contributed by atoms with Crippen LogP contribution in [0.1, 0.15) is 28.9 Å². The summed E-state index contributed by atoms with van der Waals surface area (Å²) in [5.41, 5.74) is 4.52. The minimum Gasteiger partial charge on any atom is -0.390 e. The number of rotatable bonds is 6. The molecule has 8 heteroatoms. The van der Waals surface area contributed by atoms with E-state index in [9.17, 15) is 9.90 Å². The zero-order valence-electron chi connectivity index (χ0n) is 16.1. The number of aromatic nitrogens is 4. The van der Waals surface area contributed by atoms with Crippen molar-refractivity contribution >= 4 is 23.2 Å². The molecule has 0 bridgehead atoms. The lowest BCUT2D eigenvalue weighted by atomic mass is 10.1. The first-order valence-electron chi connectivity index (χ1n) is 9.79. The number of anilines is 2. The molecule has 5 rings (SSSR count). The van der Waals surface area contributed by atoms with Crippen molar-refractivity contribution in [3.8, 4) is 11.1 Å². The molecule has 0 spiro atoms. The van der Waals surface area contributed by atoms with Crippen LogP contribution < -0.4 is 10.6 Å². The summed E-state index contributed by atoms with van der Waals surface area (Å²) in [7, 11) is 0. The fourth-order valence-electron chi connectivity index (χ4n) is 3.19. The van der Waals surface area contributed by atoms with E-state index in [1.54, 1.807) is 28.9 Å². The SMILES string of the molecule is O=C(NC1CC1)c1ccc(Nc2nc3c(-c4ccc(CO)nc4)cccn3n2)cc1. The smallest absolute Gasteiger partial charge is 0.251 e.